The number of halogens is 2. The van der Waals surface area contributed by atoms with E-state index in [4.69, 9.17) is 16.3 Å². The van der Waals surface area contributed by atoms with E-state index < -0.39 is 0 Å². The Balaban J connectivity index is 1.63. The van der Waals surface area contributed by atoms with Crippen molar-refractivity contribution in [1.82, 2.24) is 16.0 Å². The zero-order valence-electron chi connectivity index (χ0n) is 16.8. The minimum Gasteiger partial charge on any atom is -0.490 e. The van der Waals surface area contributed by atoms with Crippen molar-refractivity contribution >= 4 is 33.4 Å². The zero-order chi connectivity index (χ0) is 21.3. The Kier molecular flexibility index (Phi) is 8.75. The highest BCUT2D eigenvalue weighted by Crippen LogP contribution is 2.22. The first kappa shape index (κ1) is 22.8. The maximum absolute atomic E-state index is 12.6. The maximum Gasteiger partial charge on any atom is 0.252 e. The van der Waals surface area contributed by atoms with Crippen molar-refractivity contribution in [3.63, 3.8) is 0 Å². The lowest BCUT2D eigenvalue weighted by Crippen LogP contribution is -2.25. The van der Waals surface area contributed by atoms with Crippen LogP contribution in [-0.2, 0) is 13.1 Å². The monoisotopic (exact) mass is 491 g/mol. The number of amides is 1. The van der Waals surface area contributed by atoms with E-state index in [2.05, 4.69) is 44.5 Å². The Morgan fingerprint density at radius 1 is 1.27 bits per heavy atom. The maximum atomic E-state index is 12.6. The molecule has 0 aromatic heterocycles. The molecule has 3 N–H and O–H groups in total. The number of hydrogen-bond donors (Lipinski definition) is 3. The lowest BCUT2D eigenvalue weighted by molar-refractivity contribution is 0.0950. The van der Waals surface area contributed by atoms with Crippen LogP contribution in [0.3, 0.4) is 0 Å². The minimum absolute atomic E-state index is 0.163. The van der Waals surface area contributed by atoms with Crippen LogP contribution >= 0.6 is 27.5 Å². The molecule has 1 amide bonds. The molecule has 160 valence electrons. The number of rotatable bonds is 10. The zero-order valence-corrected chi connectivity index (χ0v) is 19.2. The Morgan fingerprint density at radius 3 is 2.77 bits per heavy atom. The first-order valence-corrected chi connectivity index (χ1v) is 11.2. The van der Waals surface area contributed by atoms with Gasteiger partial charge < -0.3 is 20.7 Å². The summed E-state index contributed by atoms with van der Waals surface area (Å²) in [5.74, 6) is 1.29. The van der Waals surface area contributed by atoms with Gasteiger partial charge in [0.2, 0.25) is 0 Å². The van der Waals surface area contributed by atoms with Crippen molar-refractivity contribution in [2.24, 2.45) is 5.92 Å². The van der Waals surface area contributed by atoms with Crippen LogP contribution in [0.15, 0.2) is 53.5 Å². The first-order chi connectivity index (χ1) is 14.5. The van der Waals surface area contributed by atoms with Gasteiger partial charge in [-0.3, -0.25) is 4.79 Å². The van der Waals surface area contributed by atoms with Crippen molar-refractivity contribution in [2.45, 2.75) is 19.5 Å². The number of ether oxygens (including phenoxy) is 1. The summed E-state index contributed by atoms with van der Waals surface area (Å²) in [6, 6.07) is 11.2. The number of nitrogens with one attached hydrogen (secondary N) is 3. The summed E-state index contributed by atoms with van der Waals surface area (Å²) in [4.78, 5) is 12.6. The number of hydrogen-bond acceptors (Lipinski definition) is 4. The van der Waals surface area contributed by atoms with Crippen molar-refractivity contribution in [3.05, 3.63) is 75.2 Å². The molecule has 0 saturated carbocycles. The van der Waals surface area contributed by atoms with E-state index in [1.807, 2.05) is 12.1 Å². The predicted octanol–water partition coefficient (Wildman–Crippen LogP) is 4.30. The normalized spacial score (nSPS) is 15.7. The molecule has 2 aromatic carbocycles. The van der Waals surface area contributed by atoms with Crippen LogP contribution in [0.4, 0.5) is 0 Å². The van der Waals surface area contributed by atoms with Gasteiger partial charge in [-0.1, -0.05) is 30.3 Å². The van der Waals surface area contributed by atoms with Crippen molar-refractivity contribution < 1.29 is 9.53 Å². The lowest BCUT2D eigenvalue weighted by Gasteiger charge is -2.14. The highest BCUT2D eigenvalue weighted by molar-refractivity contribution is 9.10. The van der Waals surface area contributed by atoms with Gasteiger partial charge >= 0.3 is 0 Å². The van der Waals surface area contributed by atoms with E-state index in [0.717, 1.165) is 43.1 Å². The molecule has 0 spiro atoms. The van der Waals surface area contributed by atoms with E-state index in [-0.39, 0.29) is 5.91 Å². The van der Waals surface area contributed by atoms with E-state index in [0.29, 0.717) is 34.1 Å². The number of carbonyl (C=O) groups is 1. The first-order valence-electron chi connectivity index (χ1n) is 10.1. The fourth-order valence-electron chi connectivity index (χ4n) is 3.43. The van der Waals surface area contributed by atoms with Gasteiger partial charge in [-0.25, -0.2) is 0 Å². The molecule has 1 atom stereocenters. The van der Waals surface area contributed by atoms with Crippen LogP contribution in [0.5, 0.6) is 5.75 Å². The van der Waals surface area contributed by atoms with Crippen LogP contribution in [0.25, 0.3) is 0 Å². The average molecular weight is 493 g/mol. The minimum atomic E-state index is -0.163. The van der Waals surface area contributed by atoms with Crippen LogP contribution in [0.2, 0.25) is 5.02 Å². The molecule has 3 rings (SSSR count). The fraction of sp³-hybridized carbons (Fsp3) is 0.348. The third-order valence-corrected chi connectivity index (χ3v) is 5.84. The Morgan fingerprint density at radius 2 is 2.07 bits per heavy atom. The second kappa shape index (κ2) is 11.5. The molecule has 1 fully saturated rings. The van der Waals surface area contributed by atoms with E-state index in [1.54, 1.807) is 24.3 Å². The van der Waals surface area contributed by atoms with Crippen molar-refractivity contribution in [3.8, 4) is 5.75 Å². The van der Waals surface area contributed by atoms with Gasteiger partial charge in [0, 0.05) is 22.6 Å². The van der Waals surface area contributed by atoms with Crippen LogP contribution in [-0.4, -0.2) is 32.1 Å². The van der Waals surface area contributed by atoms with E-state index in [1.165, 1.54) is 6.42 Å². The molecule has 0 bridgehead atoms. The van der Waals surface area contributed by atoms with E-state index >= 15 is 0 Å². The van der Waals surface area contributed by atoms with E-state index in [9.17, 15) is 4.79 Å². The quantitative estimate of drug-likeness (QED) is 0.433. The third kappa shape index (κ3) is 6.84. The number of benzene rings is 2. The smallest absolute Gasteiger partial charge is 0.252 e. The highest BCUT2D eigenvalue weighted by atomic mass is 79.9. The molecule has 7 heteroatoms. The molecule has 1 saturated heterocycles. The summed E-state index contributed by atoms with van der Waals surface area (Å²) in [5.41, 5.74) is 2.65. The van der Waals surface area contributed by atoms with Gasteiger partial charge in [-0.15, -0.1) is 0 Å². The Hall–Kier alpha value is -1.86. The summed E-state index contributed by atoms with van der Waals surface area (Å²) < 4.78 is 6.42. The molecular weight excluding hydrogens is 466 g/mol. The lowest BCUT2D eigenvalue weighted by atomic mass is 10.1. The van der Waals surface area contributed by atoms with Gasteiger partial charge in [0.1, 0.15) is 12.4 Å². The molecule has 1 heterocycles. The molecule has 2 aromatic rings. The second-order valence-corrected chi connectivity index (χ2v) is 8.67. The van der Waals surface area contributed by atoms with Crippen molar-refractivity contribution in [1.29, 1.82) is 0 Å². The Labute approximate surface area is 191 Å². The molecule has 30 heavy (non-hydrogen) atoms. The van der Waals surface area contributed by atoms with Gasteiger partial charge in [-0.2, -0.15) is 0 Å². The molecule has 0 aliphatic carbocycles. The van der Waals surface area contributed by atoms with Gasteiger partial charge in [0.25, 0.3) is 5.91 Å². The molecular formula is C23H27BrClN3O2. The highest BCUT2D eigenvalue weighted by Gasteiger charge is 2.14. The molecule has 1 unspecified atom stereocenters. The third-order valence-electron chi connectivity index (χ3n) is 4.95. The Bertz CT molecular complexity index is 885. The molecule has 1 aliphatic heterocycles. The molecule has 5 nitrogen and oxygen atoms in total. The predicted molar refractivity (Wildman–Crippen MR) is 125 cm³/mol. The topological polar surface area (TPSA) is 62.4 Å². The van der Waals surface area contributed by atoms with Gasteiger partial charge in [-0.05, 0) is 89.4 Å². The number of carbonyl (C=O) groups excluding carboxylic acids is 1. The standard InChI is InChI=1S/C23H27BrClN3O2/c1-2-7-30-20-9-17(14-27-13-16-5-6-26-12-16)8-18(10-20)15-28-23(29)21-4-3-19(25)11-22(21)24/h2-4,8-11,16,26-27H,1,5-7,12-15H2,(H,28,29). The summed E-state index contributed by atoms with van der Waals surface area (Å²) in [7, 11) is 0. The van der Waals surface area contributed by atoms with Crippen LogP contribution in [0, 0.1) is 5.92 Å². The molecule has 0 radical (unpaired) electrons. The molecule has 1 aliphatic rings. The summed E-state index contributed by atoms with van der Waals surface area (Å²) in [6.45, 7) is 8.47. The van der Waals surface area contributed by atoms with Crippen molar-refractivity contribution in [2.75, 3.05) is 26.2 Å². The second-order valence-electron chi connectivity index (χ2n) is 7.38. The van der Waals surface area contributed by atoms with Gasteiger partial charge in [0.15, 0.2) is 0 Å². The summed E-state index contributed by atoms with van der Waals surface area (Å²) >= 11 is 9.36. The SMILES string of the molecule is C=CCOc1cc(CNCC2CCNC2)cc(CNC(=O)c2ccc(Cl)cc2Br)c1. The summed E-state index contributed by atoms with van der Waals surface area (Å²) in [5, 5.41) is 10.5. The summed E-state index contributed by atoms with van der Waals surface area (Å²) in [6.07, 6.45) is 2.94. The average Bonchev–Trinajstić information content (AvgIpc) is 3.24. The van der Waals surface area contributed by atoms with Crippen LogP contribution < -0.4 is 20.7 Å². The largest absolute Gasteiger partial charge is 0.490 e. The van der Waals surface area contributed by atoms with Gasteiger partial charge in [0.05, 0.1) is 5.56 Å². The van der Waals surface area contributed by atoms with Crippen LogP contribution in [0.1, 0.15) is 27.9 Å². The fourth-order valence-corrected chi connectivity index (χ4v) is 4.29.